The summed E-state index contributed by atoms with van der Waals surface area (Å²) in [5.74, 6) is -0.387. The maximum atomic E-state index is 12.5. The Morgan fingerprint density at radius 1 is 1.00 bits per heavy atom. The van der Waals surface area contributed by atoms with E-state index in [1.807, 2.05) is 0 Å². The molecule has 2 heterocycles. The Kier molecular flexibility index (Phi) is 3.13. The van der Waals surface area contributed by atoms with E-state index in [0.717, 1.165) is 4.90 Å². The number of anilines is 1. The van der Waals surface area contributed by atoms with Crippen LogP contribution in [0.2, 0.25) is 0 Å². The first-order valence-electron chi connectivity index (χ1n) is 7.15. The second kappa shape index (κ2) is 5.31. The maximum Gasteiger partial charge on any atom is 0.417 e. The van der Waals surface area contributed by atoms with Crippen molar-refractivity contribution in [2.24, 2.45) is 0 Å². The standard InChI is InChI=1S/C17H11N3O4/c1-23-17-18-14(19-24-17)10-5-4-6-11(9-10)20-15(21)12-7-2-3-8-13(12)16(20)22/h2-9H,1H3. The molecule has 0 unspecified atom stereocenters. The molecular formula is C17H11N3O4. The van der Waals surface area contributed by atoms with E-state index in [1.165, 1.54) is 7.11 Å². The van der Waals surface area contributed by atoms with Gasteiger partial charge in [0.1, 0.15) is 0 Å². The zero-order valence-electron chi connectivity index (χ0n) is 12.6. The van der Waals surface area contributed by atoms with E-state index in [4.69, 9.17) is 9.26 Å². The number of hydrogen-bond donors (Lipinski definition) is 0. The Bertz CT molecular complexity index is 929. The fraction of sp³-hybridized carbons (Fsp3) is 0.0588. The predicted octanol–water partition coefficient (Wildman–Crippen LogP) is 2.55. The molecule has 118 valence electrons. The molecule has 0 bridgehead atoms. The summed E-state index contributed by atoms with van der Waals surface area (Å²) in [4.78, 5) is 30.3. The van der Waals surface area contributed by atoms with Gasteiger partial charge in [0.15, 0.2) is 0 Å². The summed E-state index contributed by atoms with van der Waals surface area (Å²) in [6.07, 6.45) is 0.0381. The first-order chi connectivity index (χ1) is 11.7. The van der Waals surface area contributed by atoms with Crippen molar-refractivity contribution in [1.29, 1.82) is 0 Å². The zero-order chi connectivity index (χ0) is 16.7. The van der Waals surface area contributed by atoms with Crippen LogP contribution in [-0.4, -0.2) is 29.1 Å². The fourth-order valence-corrected chi connectivity index (χ4v) is 2.62. The molecule has 7 nitrogen and oxygen atoms in total. The van der Waals surface area contributed by atoms with Crippen molar-refractivity contribution < 1.29 is 18.8 Å². The predicted molar refractivity (Wildman–Crippen MR) is 83.9 cm³/mol. The Morgan fingerprint density at radius 2 is 1.71 bits per heavy atom. The smallest absolute Gasteiger partial charge is 0.417 e. The van der Waals surface area contributed by atoms with Crippen LogP contribution in [0.15, 0.2) is 53.1 Å². The molecule has 0 atom stereocenters. The largest absolute Gasteiger partial charge is 0.452 e. The SMILES string of the molecule is COc1nc(-c2cccc(N3C(=O)c4ccccc4C3=O)c2)no1. The Morgan fingerprint density at radius 3 is 2.33 bits per heavy atom. The highest BCUT2D eigenvalue weighted by atomic mass is 16.6. The molecule has 4 rings (SSSR count). The number of amides is 2. The highest BCUT2D eigenvalue weighted by Crippen LogP contribution is 2.30. The van der Waals surface area contributed by atoms with Gasteiger partial charge in [-0.2, -0.15) is 4.98 Å². The summed E-state index contributed by atoms with van der Waals surface area (Å²) in [6, 6.07) is 13.6. The van der Waals surface area contributed by atoms with Crippen LogP contribution in [0, 0.1) is 0 Å². The summed E-state index contributed by atoms with van der Waals surface area (Å²) in [5.41, 5.74) is 1.85. The molecule has 1 aromatic heterocycles. The number of imide groups is 1. The van der Waals surface area contributed by atoms with E-state index < -0.39 is 0 Å². The van der Waals surface area contributed by atoms with Gasteiger partial charge in [0.25, 0.3) is 11.8 Å². The van der Waals surface area contributed by atoms with Gasteiger partial charge in [-0.15, -0.1) is 0 Å². The molecule has 0 fully saturated rings. The molecule has 2 amide bonds. The van der Waals surface area contributed by atoms with E-state index in [9.17, 15) is 9.59 Å². The minimum Gasteiger partial charge on any atom is -0.452 e. The average molecular weight is 321 g/mol. The van der Waals surface area contributed by atoms with Crippen LogP contribution in [0.25, 0.3) is 11.4 Å². The highest BCUT2D eigenvalue weighted by molar-refractivity contribution is 6.34. The van der Waals surface area contributed by atoms with Crippen LogP contribution in [0.3, 0.4) is 0 Å². The summed E-state index contributed by atoms with van der Waals surface area (Å²) < 4.78 is 9.76. The van der Waals surface area contributed by atoms with Crippen LogP contribution in [0.4, 0.5) is 5.69 Å². The third-order valence-electron chi connectivity index (χ3n) is 3.74. The molecule has 0 saturated carbocycles. The molecular weight excluding hydrogens is 310 g/mol. The topological polar surface area (TPSA) is 85.5 Å². The van der Waals surface area contributed by atoms with Crippen molar-refractivity contribution in [1.82, 2.24) is 10.1 Å². The van der Waals surface area contributed by atoms with Gasteiger partial charge in [0.2, 0.25) is 5.82 Å². The molecule has 0 aliphatic carbocycles. The summed E-state index contributed by atoms with van der Waals surface area (Å²) >= 11 is 0. The number of hydrogen-bond acceptors (Lipinski definition) is 6. The second-order valence-electron chi connectivity index (χ2n) is 5.13. The van der Waals surface area contributed by atoms with Gasteiger partial charge < -0.3 is 4.74 Å². The minimum absolute atomic E-state index is 0.0381. The van der Waals surface area contributed by atoms with Crippen molar-refractivity contribution in [3.63, 3.8) is 0 Å². The molecule has 1 aliphatic heterocycles. The summed E-state index contributed by atoms with van der Waals surface area (Å²) in [5, 5.41) is 3.80. The molecule has 1 aliphatic rings. The number of carbonyl (C=O) groups is 2. The Balaban J connectivity index is 1.75. The van der Waals surface area contributed by atoms with Crippen LogP contribution >= 0.6 is 0 Å². The van der Waals surface area contributed by atoms with Crippen molar-refractivity contribution in [2.75, 3.05) is 12.0 Å². The van der Waals surface area contributed by atoms with E-state index in [-0.39, 0.29) is 17.9 Å². The van der Waals surface area contributed by atoms with E-state index in [0.29, 0.717) is 28.2 Å². The van der Waals surface area contributed by atoms with Gasteiger partial charge in [-0.3, -0.25) is 14.1 Å². The van der Waals surface area contributed by atoms with Crippen LogP contribution < -0.4 is 9.64 Å². The number of ether oxygens (including phenoxy) is 1. The third kappa shape index (κ3) is 2.06. The van der Waals surface area contributed by atoms with Crippen LogP contribution in [-0.2, 0) is 0 Å². The lowest BCUT2D eigenvalue weighted by Gasteiger charge is -2.14. The molecule has 24 heavy (non-hydrogen) atoms. The zero-order valence-corrected chi connectivity index (χ0v) is 12.6. The molecule has 0 N–H and O–H groups in total. The first-order valence-corrected chi connectivity index (χ1v) is 7.15. The van der Waals surface area contributed by atoms with Gasteiger partial charge in [0, 0.05) is 5.56 Å². The molecule has 0 radical (unpaired) electrons. The fourth-order valence-electron chi connectivity index (χ4n) is 2.62. The normalized spacial score (nSPS) is 13.3. The average Bonchev–Trinajstić information content (AvgIpc) is 3.20. The van der Waals surface area contributed by atoms with Gasteiger partial charge in [-0.05, 0) is 24.3 Å². The quantitative estimate of drug-likeness (QED) is 0.689. The maximum absolute atomic E-state index is 12.5. The molecule has 0 saturated heterocycles. The van der Waals surface area contributed by atoms with Crippen molar-refractivity contribution in [2.45, 2.75) is 0 Å². The van der Waals surface area contributed by atoms with Crippen molar-refractivity contribution in [3.8, 4) is 17.5 Å². The Labute approximate surface area is 136 Å². The van der Waals surface area contributed by atoms with Crippen molar-refractivity contribution >= 4 is 17.5 Å². The van der Waals surface area contributed by atoms with Crippen LogP contribution in [0.5, 0.6) is 6.08 Å². The lowest BCUT2D eigenvalue weighted by molar-refractivity contribution is 0.0926. The number of fused-ring (bicyclic) bond motifs is 1. The molecule has 7 heteroatoms. The van der Waals surface area contributed by atoms with Gasteiger partial charge >= 0.3 is 6.08 Å². The molecule has 2 aromatic carbocycles. The number of nitrogens with zero attached hydrogens (tertiary/aromatic N) is 3. The van der Waals surface area contributed by atoms with E-state index in [2.05, 4.69) is 10.1 Å². The Hall–Kier alpha value is -3.48. The summed E-state index contributed by atoms with van der Waals surface area (Å²) in [7, 11) is 1.42. The van der Waals surface area contributed by atoms with Gasteiger partial charge in [-0.1, -0.05) is 29.4 Å². The number of benzene rings is 2. The second-order valence-corrected chi connectivity index (χ2v) is 5.13. The number of methoxy groups -OCH3 is 1. The van der Waals surface area contributed by atoms with Gasteiger partial charge in [-0.25, -0.2) is 4.90 Å². The monoisotopic (exact) mass is 321 g/mol. The van der Waals surface area contributed by atoms with E-state index >= 15 is 0 Å². The molecule has 3 aromatic rings. The van der Waals surface area contributed by atoms with Crippen LogP contribution in [0.1, 0.15) is 20.7 Å². The highest BCUT2D eigenvalue weighted by Gasteiger charge is 2.36. The summed E-state index contributed by atoms with van der Waals surface area (Å²) in [6.45, 7) is 0. The van der Waals surface area contributed by atoms with Gasteiger partial charge in [0.05, 0.1) is 23.9 Å². The lowest BCUT2D eigenvalue weighted by atomic mass is 10.1. The van der Waals surface area contributed by atoms with Crippen molar-refractivity contribution in [3.05, 3.63) is 59.7 Å². The minimum atomic E-state index is -0.349. The molecule has 0 spiro atoms. The lowest BCUT2D eigenvalue weighted by Crippen LogP contribution is -2.29. The number of aromatic nitrogens is 2. The van der Waals surface area contributed by atoms with E-state index in [1.54, 1.807) is 48.5 Å². The number of rotatable bonds is 3. The first kappa shape index (κ1) is 14.1. The third-order valence-corrected chi connectivity index (χ3v) is 3.74. The number of carbonyl (C=O) groups excluding carboxylic acids is 2.